The van der Waals surface area contributed by atoms with Gasteiger partial charge in [0.1, 0.15) is 23.7 Å². The zero-order valence-electron chi connectivity index (χ0n) is 23.7. The molecule has 0 saturated heterocycles. The van der Waals surface area contributed by atoms with E-state index in [4.69, 9.17) is 24.5 Å². The van der Waals surface area contributed by atoms with Crippen LogP contribution in [0, 0.1) is 5.41 Å². The highest BCUT2D eigenvalue weighted by atomic mass is 31.2. The lowest BCUT2D eigenvalue weighted by Crippen LogP contribution is -2.48. The summed E-state index contributed by atoms with van der Waals surface area (Å²) in [7, 11) is -3.86. The van der Waals surface area contributed by atoms with Crippen LogP contribution in [0.1, 0.15) is 62.3 Å². The Kier molecular flexibility index (Phi) is 10.4. The minimum Gasteiger partial charge on any atom is -0.462 e. The second-order valence-corrected chi connectivity index (χ2v) is 13.0. The second-order valence-electron chi connectivity index (χ2n) is 10.9. The molecule has 3 N–H and O–H groups in total. The van der Waals surface area contributed by atoms with Crippen LogP contribution in [0.15, 0.2) is 12.7 Å². The summed E-state index contributed by atoms with van der Waals surface area (Å²) in [6.07, 6.45) is 1.38. The van der Waals surface area contributed by atoms with Crippen LogP contribution in [0.4, 0.5) is 5.82 Å². The van der Waals surface area contributed by atoms with Gasteiger partial charge in [-0.25, -0.2) is 20.0 Å². The number of aromatic nitrogens is 4. The molecule has 2 aromatic heterocycles. The van der Waals surface area contributed by atoms with E-state index in [0.29, 0.717) is 17.7 Å². The van der Waals surface area contributed by atoms with Gasteiger partial charge < -0.3 is 29.0 Å². The van der Waals surface area contributed by atoms with Crippen LogP contribution in [0.3, 0.4) is 0 Å². The standard InChI is InChI=1S/C24H41N6O7P/c1-15(2)36-21(31)23(6,7)11-35-38(33,29-24(8,9)22(32)37-16(3)4)14-34-17(5)10-30-13-28-18-19(25)26-12-27-20(18)30/h12-13,15-17H,10-11,14H2,1-9H3,(H,29,33)(H2,25,26,27)/t17-,38-/m1/s1. The summed E-state index contributed by atoms with van der Waals surface area (Å²) < 4.78 is 38.1. The molecule has 0 aliphatic heterocycles. The molecular weight excluding hydrogens is 515 g/mol. The van der Waals surface area contributed by atoms with Gasteiger partial charge in [-0.3, -0.25) is 14.2 Å². The van der Waals surface area contributed by atoms with Crippen molar-refractivity contribution in [3.63, 3.8) is 0 Å². The molecule has 2 aromatic rings. The minimum atomic E-state index is -3.86. The number of nitrogens with zero attached hydrogens (tertiary/aromatic N) is 4. The first-order chi connectivity index (χ1) is 17.5. The highest BCUT2D eigenvalue weighted by Crippen LogP contribution is 2.46. The third-order valence-corrected chi connectivity index (χ3v) is 7.18. The highest BCUT2D eigenvalue weighted by Gasteiger charge is 2.41. The summed E-state index contributed by atoms with van der Waals surface area (Å²) in [5.74, 6) is -0.844. The fourth-order valence-corrected chi connectivity index (χ4v) is 5.35. The number of nitrogen functional groups attached to an aromatic ring is 1. The molecule has 0 aliphatic carbocycles. The summed E-state index contributed by atoms with van der Waals surface area (Å²) >= 11 is 0. The van der Waals surface area contributed by atoms with E-state index in [1.165, 1.54) is 20.2 Å². The summed E-state index contributed by atoms with van der Waals surface area (Å²) in [6, 6.07) is 0. The van der Waals surface area contributed by atoms with Crippen LogP contribution in [0.5, 0.6) is 0 Å². The Morgan fingerprint density at radius 3 is 2.24 bits per heavy atom. The molecule has 214 valence electrons. The summed E-state index contributed by atoms with van der Waals surface area (Å²) in [5.41, 5.74) is 4.38. The Morgan fingerprint density at radius 2 is 1.63 bits per heavy atom. The molecule has 2 heterocycles. The molecule has 2 rings (SSSR count). The number of fused-ring (bicyclic) bond motifs is 1. The van der Waals surface area contributed by atoms with Crippen LogP contribution >= 0.6 is 7.52 Å². The molecule has 13 nitrogen and oxygen atoms in total. The van der Waals surface area contributed by atoms with Gasteiger partial charge in [0.25, 0.3) is 7.52 Å². The summed E-state index contributed by atoms with van der Waals surface area (Å²) in [4.78, 5) is 37.6. The van der Waals surface area contributed by atoms with Crippen molar-refractivity contribution >= 4 is 36.4 Å². The van der Waals surface area contributed by atoms with Crippen LogP contribution < -0.4 is 10.8 Å². The molecular formula is C24H41N6O7P. The molecule has 14 heteroatoms. The van der Waals surface area contributed by atoms with Crippen molar-refractivity contribution < 1.29 is 32.9 Å². The lowest BCUT2D eigenvalue weighted by atomic mass is 9.95. The first-order valence-electron chi connectivity index (χ1n) is 12.4. The van der Waals surface area contributed by atoms with Crippen molar-refractivity contribution in [3.8, 4) is 0 Å². The fraction of sp³-hybridized carbons (Fsp3) is 0.708. The lowest BCUT2D eigenvalue weighted by Gasteiger charge is -2.33. The van der Waals surface area contributed by atoms with Gasteiger partial charge in [0.2, 0.25) is 0 Å². The largest absolute Gasteiger partial charge is 0.462 e. The molecule has 0 fully saturated rings. The van der Waals surface area contributed by atoms with E-state index in [9.17, 15) is 14.2 Å². The van der Waals surface area contributed by atoms with Gasteiger partial charge in [-0.05, 0) is 62.3 Å². The van der Waals surface area contributed by atoms with E-state index >= 15 is 0 Å². The average Bonchev–Trinajstić information content (AvgIpc) is 3.19. The van der Waals surface area contributed by atoms with Gasteiger partial charge in [-0.15, -0.1) is 0 Å². The van der Waals surface area contributed by atoms with Crippen molar-refractivity contribution in [1.82, 2.24) is 24.6 Å². The number of imidazole rings is 1. The number of carbonyl (C=O) groups excluding carboxylic acids is 2. The van der Waals surface area contributed by atoms with E-state index in [-0.39, 0.29) is 31.0 Å². The number of hydrogen-bond donors (Lipinski definition) is 2. The van der Waals surface area contributed by atoms with Gasteiger partial charge in [-0.2, -0.15) is 0 Å². The highest BCUT2D eigenvalue weighted by molar-refractivity contribution is 7.56. The van der Waals surface area contributed by atoms with Crippen molar-refractivity contribution in [2.75, 3.05) is 18.7 Å². The lowest BCUT2D eigenvalue weighted by molar-refractivity contribution is -0.159. The average molecular weight is 557 g/mol. The van der Waals surface area contributed by atoms with Crippen molar-refractivity contribution in [3.05, 3.63) is 12.7 Å². The van der Waals surface area contributed by atoms with Crippen molar-refractivity contribution in [2.45, 2.75) is 92.7 Å². The Balaban J connectivity index is 2.19. The fourth-order valence-electron chi connectivity index (χ4n) is 3.22. The van der Waals surface area contributed by atoms with E-state index in [2.05, 4.69) is 20.0 Å². The van der Waals surface area contributed by atoms with Gasteiger partial charge in [0.15, 0.2) is 11.5 Å². The van der Waals surface area contributed by atoms with E-state index in [1.54, 1.807) is 59.4 Å². The molecule has 0 amide bonds. The number of hydrogen-bond acceptors (Lipinski definition) is 11. The second kappa shape index (κ2) is 12.5. The van der Waals surface area contributed by atoms with E-state index < -0.39 is 36.5 Å². The van der Waals surface area contributed by atoms with Crippen molar-refractivity contribution in [1.29, 1.82) is 0 Å². The number of rotatable bonds is 14. The zero-order valence-corrected chi connectivity index (χ0v) is 24.6. The maximum absolute atomic E-state index is 14.0. The van der Waals surface area contributed by atoms with Gasteiger partial charge >= 0.3 is 11.9 Å². The van der Waals surface area contributed by atoms with Crippen LogP contribution in [0.2, 0.25) is 0 Å². The molecule has 0 unspecified atom stereocenters. The third kappa shape index (κ3) is 8.72. The summed E-state index contributed by atoms with van der Waals surface area (Å²) in [6.45, 7) is 15.1. The van der Waals surface area contributed by atoms with Gasteiger partial charge in [0, 0.05) is 0 Å². The smallest absolute Gasteiger partial charge is 0.326 e. The minimum absolute atomic E-state index is 0.238. The van der Waals surface area contributed by atoms with Crippen molar-refractivity contribution in [2.24, 2.45) is 5.41 Å². The Labute approximate surface area is 223 Å². The van der Waals surface area contributed by atoms with Crippen LogP contribution in [-0.4, -0.2) is 68.3 Å². The van der Waals surface area contributed by atoms with Gasteiger partial charge in [0.05, 0.1) is 43.2 Å². The van der Waals surface area contributed by atoms with E-state index in [1.807, 2.05) is 0 Å². The van der Waals surface area contributed by atoms with E-state index in [0.717, 1.165) is 0 Å². The molecule has 38 heavy (non-hydrogen) atoms. The number of ether oxygens (including phenoxy) is 3. The number of esters is 2. The maximum Gasteiger partial charge on any atom is 0.326 e. The molecule has 0 bridgehead atoms. The molecule has 0 spiro atoms. The molecule has 0 radical (unpaired) electrons. The predicted octanol–water partition coefficient (Wildman–Crippen LogP) is 3.28. The molecule has 0 saturated carbocycles. The molecule has 0 aromatic carbocycles. The zero-order chi connectivity index (χ0) is 28.9. The number of nitrogens with one attached hydrogen (secondary N) is 1. The van der Waals surface area contributed by atoms with Crippen LogP contribution in [-0.2, 0) is 39.4 Å². The summed E-state index contributed by atoms with van der Waals surface area (Å²) in [5, 5.41) is 2.80. The Bertz CT molecular complexity index is 1160. The SMILES string of the molecule is CC(C)OC(=O)C(C)(C)CO[P@](=O)(CO[C@H](C)Cn1cnc2c(N)ncnc21)NC(C)(C)C(=O)OC(C)C. The topological polar surface area (TPSA) is 170 Å². The maximum atomic E-state index is 14.0. The third-order valence-electron chi connectivity index (χ3n) is 5.24. The molecule has 0 aliphatic rings. The molecule has 2 atom stereocenters. The Hall–Kier alpha value is -2.60. The number of carbonyl (C=O) groups is 2. The van der Waals surface area contributed by atoms with Gasteiger partial charge in [-0.1, -0.05) is 0 Å². The quantitative estimate of drug-likeness (QED) is 0.257. The Morgan fingerprint density at radius 1 is 1.03 bits per heavy atom. The number of anilines is 1. The monoisotopic (exact) mass is 556 g/mol. The normalized spacial score (nSPS) is 15.0. The number of nitrogens with two attached hydrogens (primary N) is 1. The first kappa shape index (κ1) is 31.6. The first-order valence-corrected chi connectivity index (χ1v) is 14.2. The predicted molar refractivity (Wildman–Crippen MR) is 142 cm³/mol. The van der Waals surface area contributed by atoms with Crippen LogP contribution in [0.25, 0.3) is 11.2 Å².